The SMILES string of the molecule is CCCCCCCCOc1ccc(OC(=O)C2CCC(C(=O)Oc3ccc(OC(=O)C4CCC(C(=O)Oc5ccc(OC)cc5)CC4)c4nc(-c5ccc([N+](=O)[O-])cc5)sc34)CC2)cc1. The normalized spacial score (nSPS) is 18.3. The van der Waals surface area contributed by atoms with Gasteiger partial charge in [0.15, 0.2) is 11.5 Å². The van der Waals surface area contributed by atoms with E-state index in [1.54, 1.807) is 79.9 Å². The molecule has 2 fully saturated rings. The van der Waals surface area contributed by atoms with Gasteiger partial charge in [-0.25, -0.2) is 4.98 Å². The molecule has 14 nitrogen and oxygen atoms in total. The molecule has 0 atom stereocenters. The maximum Gasteiger partial charge on any atom is 0.314 e. The van der Waals surface area contributed by atoms with Crippen LogP contribution in [0.1, 0.15) is 96.8 Å². The Bertz CT molecular complexity index is 2420. The van der Waals surface area contributed by atoms with E-state index in [1.165, 1.54) is 49.2 Å². The van der Waals surface area contributed by atoms with Crippen molar-refractivity contribution in [3.05, 3.63) is 95.0 Å². The second-order valence-electron chi connectivity index (χ2n) is 16.6. The van der Waals surface area contributed by atoms with Crippen molar-refractivity contribution in [2.45, 2.75) is 96.8 Å². The lowest BCUT2D eigenvalue weighted by atomic mass is 9.82. The molecule has 2 aliphatic rings. The maximum atomic E-state index is 13.7. The largest absolute Gasteiger partial charge is 0.497 e. The maximum absolute atomic E-state index is 13.7. The van der Waals surface area contributed by atoms with Gasteiger partial charge in [0.1, 0.15) is 38.2 Å². The van der Waals surface area contributed by atoms with Gasteiger partial charge in [0.2, 0.25) is 0 Å². The van der Waals surface area contributed by atoms with Crippen molar-refractivity contribution in [2.75, 3.05) is 13.7 Å². The van der Waals surface area contributed by atoms with E-state index in [-0.39, 0.29) is 41.0 Å². The van der Waals surface area contributed by atoms with Crippen LogP contribution in [0, 0.1) is 33.8 Å². The standard InChI is InChI=1S/C50H54N2O12S/c1-3-4-5-6-7-8-31-60-39-23-27-41(28-24-39)62-48(54)34-11-15-36(16-12-34)50(56)64-43-30-29-42(44-45(43)65-46(51-44)32-17-19-37(20-18-32)52(57)58)63-49(55)35-13-9-33(10-14-35)47(53)61-40-25-21-38(59-2)22-26-40/h17-30,33-36H,3-16,31H2,1-2H3. The van der Waals surface area contributed by atoms with Crippen molar-refractivity contribution in [1.82, 2.24) is 4.98 Å². The molecule has 0 bridgehead atoms. The molecule has 0 unspecified atom stereocenters. The summed E-state index contributed by atoms with van der Waals surface area (Å²) in [5, 5.41) is 11.8. The van der Waals surface area contributed by atoms with Crippen LogP contribution < -0.4 is 28.4 Å². The minimum atomic E-state index is -0.489. The van der Waals surface area contributed by atoms with Crippen LogP contribution in [-0.4, -0.2) is 47.5 Å². The van der Waals surface area contributed by atoms with E-state index >= 15 is 0 Å². The number of unbranched alkanes of at least 4 members (excludes halogenated alkanes) is 5. The molecule has 2 aliphatic carbocycles. The molecule has 0 amide bonds. The van der Waals surface area contributed by atoms with E-state index in [1.807, 2.05) is 0 Å². The van der Waals surface area contributed by atoms with E-state index < -0.39 is 28.7 Å². The summed E-state index contributed by atoms with van der Waals surface area (Å²) in [5.41, 5.74) is 0.802. The number of ether oxygens (including phenoxy) is 6. The summed E-state index contributed by atoms with van der Waals surface area (Å²) in [6.45, 7) is 2.85. The van der Waals surface area contributed by atoms with Gasteiger partial charge < -0.3 is 28.4 Å². The predicted molar refractivity (Wildman–Crippen MR) is 243 cm³/mol. The molecule has 1 aromatic heterocycles. The quantitative estimate of drug-likeness (QED) is 0.0251. The molecule has 7 rings (SSSR count). The summed E-state index contributed by atoms with van der Waals surface area (Å²) in [6.07, 6.45) is 10.6. The molecule has 0 radical (unpaired) electrons. The van der Waals surface area contributed by atoms with Gasteiger partial charge in [-0.3, -0.25) is 29.3 Å². The van der Waals surface area contributed by atoms with E-state index in [4.69, 9.17) is 33.4 Å². The number of benzene rings is 4. The Morgan fingerprint density at radius 2 is 1.03 bits per heavy atom. The van der Waals surface area contributed by atoms with Crippen LogP contribution in [0.15, 0.2) is 84.9 Å². The van der Waals surface area contributed by atoms with Crippen molar-refractivity contribution in [1.29, 1.82) is 0 Å². The van der Waals surface area contributed by atoms with E-state index in [2.05, 4.69) is 6.92 Å². The zero-order chi connectivity index (χ0) is 45.7. The minimum Gasteiger partial charge on any atom is -0.497 e. The Kier molecular flexibility index (Phi) is 16.2. The highest BCUT2D eigenvalue weighted by Crippen LogP contribution is 2.43. The fourth-order valence-corrected chi connectivity index (χ4v) is 9.24. The van der Waals surface area contributed by atoms with Crippen LogP contribution in [0.4, 0.5) is 5.69 Å². The Morgan fingerprint density at radius 3 is 1.54 bits per heavy atom. The highest BCUT2D eigenvalue weighted by Gasteiger charge is 2.35. The number of non-ortho nitro benzene ring substituents is 1. The number of aromatic nitrogens is 1. The number of carbonyl (C=O) groups excluding carboxylic acids is 4. The summed E-state index contributed by atoms with van der Waals surface area (Å²) >= 11 is 1.20. The first-order valence-corrected chi connectivity index (χ1v) is 23.3. The lowest BCUT2D eigenvalue weighted by Crippen LogP contribution is -2.30. The van der Waals surface area contributed by atoms with Crippen LogP contribution >= 0.6 is 11.3 Å². The zero-order valence-corrected chi connectivity index (χ0v) is 37.5. The number of hydrogen-bond donors (Lipinski definition) is 0. The first-order chi connectivity index (χ1) is 31.6. The fourth-order valence-electron chi connectivity index (χ4n) is 8.20. The smallest absolute Gasteiger partial charge is 0.314 e. The average molecular weight is 907 g/mol. The molecular weight excluding hydrogens is 853 g/mol. The van der Waals surface area contributed by atoms with Crippen molar-refractivity contribution < 1.29 is 52.5 Å². The van der Waals surface area contributed by atoms with Crippen LogP contribution in [0.25, 0.3) is 20.8 Å². The highest BCUT2D eigenvalue weighted by atomic mass is 32.1. The lowest BCUT2D eigenvalue weighted by Gasteiger charge is -2.26. The molecule has 0 spiro atoms. The molecule has 2 saturated carbocycles. The third-order valence-corrected chi connectivity index (χ3v) is 13.2. The molecule has 4 aromatic carbocycles. The number of methoxy groups -OCH3 is 1. The van der Waals surface area contributed by atoms with E-state index in [9.17, 15) is 29.3 Å². The van der Waals surface area contributed by atoms with E-state index in [0.717, 1.165) is 18.6 Å². The molecule has 342 valence electrons. The highest BCUT2D eigenvalue weighted by molar-refractivity contribution is 7.22. The second-order valence-corrected chi connectivity index (χ2v) is 17.6. The van der Waals surface area contributed by atoms with Gasteiger partial charge in [-0.1, -0.05) is 39.0 Å². The van der Waals surface area contributed by atoms with Crippen molar-refractivity contribution in [3.63, 3.8) is 0 Å². The summed E-state index contributed by atoms with van der Waals surface area (Å²) in [7, 11) is 1.56. The molecular formula is C50H54N2O12S. The lowest BCUT2D eigenvalue weighted by molar-refractivity contribution is -0.384. The number of nitrogens with zero attached hydrogens (tertiary/aromatic N) is 2. The Balaban J connectivity index is 0.950. The van der Waals surface area contributed by atoms with Crippen molar-refractivity contribution in [2.24, 2.45) is 23.7 Å². The second kappa shape index (κ2) is 22.5. The number of carbonyl (C=O) groups is 4. The first-order valence-electron chi connectivity index (χ1n) is 22.5. The molecule has 0 N–H and O–H groups in total. The van der Waals surface area contributed by atoms with Gasteiger partial charge >= 0.3 is 23.9 Å². The number of rotatable bonds is 19. The number of hydrogen-bond acceptors (Lipinski definition) is 14. The summed E-state index contributed by atoms with van der Waals surface area (Å²) in [5.74, 6) is -0.634. The molecule has 0 saturated heterocycles. The Morgan fingerprint density at radius 1 is 0.585 bits per heavy atom. The summed E-state index contributed by atoms with van der Waals surface area (Å²) in [4.78, 5) is 68.9. The monoisotopic (exact) mass is 906 g/mol. The van der Waals surface area contributed by atoms with Crippen LogP contribution in [-0.2, 0) is 19.2 Å². The van der Waals surface area contributed by atoms with Gasteiger partial charge in [0.05, 0.1) is 42.3 Å². The minimum absolute atomic E-state index is 0.0797. The Labute approximate surface area is 381 Å². The molecule has 1 heterocycles. The van der Waals surface area contributed by atoms with Crippen LogP contribution in [0.2, 0.25) is 0 Å². The molecule has 15 heteroatoms. The summed E-state index contributed by atoms with van der Waals surface area (Å²) in [6, 6.07) is 22.8. The van der Waals surface area contributed by atoms with Crippen LogP contribution in [0.3, 0.4) is 0 Å². The molecule has 5 aromatic rings. The van der Waals surface area contributed by atoms with Gasteiger partial charge in [-0.2, -0.15) is 0 Å². The predicted octanol–water partition coefficient (Wildman–Crippen LogP) is 11.3. The number of thiazole rings is 1. The fraction of sp³-hybridized carbons (Fsp3) is 0.420. The third kappa shape index (κ3) is 12.5. The molecule has 0 aliphatic heterocycles. The number of nitro groups is 1. The van der Waals surface area contributed by atoms with Gasteiger partial charge in [0, 0.05) is 17.7 Å². The van der Waals surface area contributed by atoms with Crippen LogP contribution in [0.5, 0.6) is 34.5 Å². The van der Waals surface area contributed by atoms with Gasteiger partial charge in [-0.15, -0.1) is 11.3 Å². The van der Waals surface area contributed by atoms with Crippen molar-refractivity contribution in [3.8, 4) is 45.1 Å². The first kappa shape index (κ1) is 46.6. The third-order valence-electron chi connectivity index (χ3n) is 12.1. The van der Waals surface area contributed by atoms with E-state index in [0.29, 0.717) is 96.0 Å². The van der Waals surface area contributed by atoms with Crippen molar-refractivity contribution >= 4 is 51.1 Å². The summed E-state index contributed by atoms with van der Waals surface area (Å²) < 4.78 is 34.7. The number of nitro benzene ring substituents is 1. The number of fused-ring (bicyclic) bond motifs is 1. The Hall–Kier alpha value is -6.35. The van der Waals surface area contributed by atoms with Gasteiger partial charge in [0.25, 0.3) is 5.69 Å². The topological polar surface area (TPSA) is 180 Å². The average Bonchev–Trinajstić information content (AvgIpc) is 3.79. The number of esters is 4. The van der Waals surface area contributed by atoms with Gasteiger partial charge in [-0.05, 0) is 131 Å². The molecule has 65 heavy (non-hydrogen) atoms. The zero-order valence-electron chi connectivity index (χ0n) is 36.7.